The van der Waals surface area contributed by atoms with E-state index in [2.05, 4.69) is 5.32 Å². The number of hydrogen-bond acceptors (Lipinski definition) is 2. The van der Waals surface area contributed by atoms with Crippen molar-refractivity contribution in [3.63, 3.8) is 0 Å². The van der Waals surface area contributed by atoms with Crippen LogP contribution in [0.1, 0.15) is 25.7 Å². The van der Waals surface area contributed by atoms with E-state index >= 15 is 0 Å². The summed E-state index contributed by atoms with van der Waals surface area (Å²) in [5.41, 5.74) is 0. The maximum atomic E-state index is 4.94. The first-order chi connectivity index (χ1) is 4.93. The molecule has 0 bridgehead atoms. The summed E-state index contributed by atoms with van der Waals surface area (Å²) in [6.07, 6.45) is 5.23. The summed E-state index contributed by atoms with van der Waals surface area (Å²) in [6, 6.07) is 0.863. The highest BCUT2D eigenvalue weighted by Gasteiger charge is 2.19. The van der Waals surface area contributed by atoms with Crippen LogP contribution in [-0.2, 0) is 4.74 Å². The van der Waals surface area contributed by atoms with Gasteiger partial charge in [-0.1, -0.05) is 0 Å². The molecule has 0 radical (unpaired) electrons. The van der Waals surface area contributed by atoms with Gasteiger partial charge in [0, 0.05) is 19.8 Å². The van der Waals surface area contributed by atoms with Crippen LogP contribution in [0.4, 0.5) is 0 Å². The number of ether oxygens (including phenoxy) is 1. The average molecular weight is 143 g/mol. The topological polar surface area (TPSA) is 21.3 Å². The van der Waals surface area contributed by atoms with Gasteiger partial charge in [0.25, 0.3) is 0 Å². The van der Waals surface area contributed by atoms with Crippen molar-refractivity contribution in [2.75, 3.05) is 20.3 Å². The molecule has 0 amide bonds. The van der Waals surface area contributed by atoms with E-state index in [4.69, 9.17) is 4.74 Å². The third-order valence-electron chi connectivity index (χ3n) is 1.79. The molecule has 0 aromatic carbocycles. The zero-order chi connectivity index (χ0) is 7.23. The predicted octanol–water partition coefficient (Wildman–Crippen LogP) is 1.17. The smallest absolute Gasteiger partial charge is 0.0462 e. The molecule has 0 aromatic heterocycles. The zero-order valence-electron chi connectivity index (χ0n) is 6.73. The Labute approximate surface area is 63.0 Å². The van der Waals surface area contributed by atoms with Gasteiger partial charge < -0.3 is 10.1 Å². The molecule has 0 spiro atoms. The minimum atomic E-state index is 0.863. The van der Waals surface area contributed by atoms with Gasteiger partial charge in [-0.25, -0.2) is 0 Å². The number of unbranched alkanes of at least 4 members (excludes halogenated alkanes) is 1. The van der Waals surface area contributed by atoms with E-state index in [1.54, 1.807) is 7.11 Å². The molecule has 10 heavy (non-hydrogen) atoms. The lowest BCUT2D eigenvalue weighted by atomic mass is 10.3. The Morgan fingerprint density at radius 2 is 2.20 bits per heavy atom. The Morgan fingerprint density at radius 3 is 2.80 bits per heavy atom. The second kappa shape index (κ2) is 4.69. The highest BCUT2D eigenvalue weighted by Crippen LogP contribution is 2.18. The first-order valence-corrected chi connectivity index (χ1v) is 4.16. The van der Waals surface area contributed by atoms with Gasteiger partial charge in [-0.3, -0.25) is 0 Å². The van der Waals surface area contributed by atoms with Gasteiger partial charge in [0.1, 0.15) is 0 Å². The highest BCUT2D eigenvalue weighted by molar-refractivity contribution is 4.80. The maximum Gasteiger partial charge on any atom is 0.0462 e. The fourth-order valence-corrected chi connectivity index (χ4v) is 0.965. The van der Waals surface area contributed by atoms with Crippen LogP contribution in [0.5, 0.6) is 0 Å². The molecule has 0 unspecified atom stereocenters. The number of hydrogen-bond donors (Lipinski definition) is 1. The Bertz CT molecular complexity index is 81.3. The zero-order valence-corrected chi connectivity index (χ0v) is 6.73. The van der Waals surface area contributed by atoms with Crippen LogP contribution in [0.15, 0.2) is 0 Å². The van der Waals surface area contributed by atoms with Crippen LogP contribution in [0.3, 0.4) is 0 Å². The van der Waals surface area contributed by atoms with Crippen LogP contribution in [0.2, 0.25) is 0 Å². The molecule has 1 fully saturated rings. The second-order valence-corrected chi connectivity index (χ2v) is 2.93. The van der Waals surface area contributed by atoms with Crippen molar-refractivity contribution >= 4 is 0 Å². The molecule has 60 valence electrons. The second-order valence-electron chi connectivity index (χ2n) is 2.93. The maximum absolute atomic E-state index is 4.94. The van der Waals surface area contributed by atoms with Gasteiger partial charge in [-0.05, 0) is 32.2 Å². The fraction of sp³-hybridized carbons (Fsp3) is 1.00. The summed E-state index contributed by atoms with van der Waals surface area (Å²) >= 11 is 0. The molecule has 0 aliphatic heterocycles. The molecule has 2 heteroatoms. The summed E-state index contributed by atoms with van der Waals surface area (Å²) in [6.45, 7) is 2.08. The third kappa shape index (κ3) is 3.85. The molecule has 1 saturated carbocycles. The summed E-state index contributed by atoms with van der Waals surface area (Å²) in [5.74, 6) is 0. The lowest BCUT2D eigenvalue weighted by Gasteiger charge is -2.00. The molecule has 0 heterocycles. The summed E-state index contributed by atoms with van der Waals surface area (Å²) in [4.78, 5) is 0. The van der Waals surface area contributed by atoms with Gasteiger partial charge in [0.15, 0.2) is 0 Å². The van der Waals surface area contributed by atoms with Crippen LogP contribution in [0.25, 0.3) is 0 Å². The van der Waals surface area contributed by atoms with Crippen molar-refractivity contribution in [3.05, 3.63) is 0 Å². The van der Waals surface area contributed by atoms with Gasteiger partial charge in [0.2, 0.25) is 0 Å². The Balaban J connectivity index is 1.68. The van der Waals surface area contributed by atoms with Crippen LogP contribution < -0.4 is 5.32 Å². The minimum absolute atomic E-state index is 0.863. The van der Waals surface area contributed by atoms with Crippen LogP contribution in [-0.4, -0.2) is 26.3 Å². The van der Waals surface area contributed by atoms with Crippen LogP contribution in [0, 0.1) is 0 Å². The molecule has 0 saturated heterocycles. The summed E-state index contributed by atoms with van der Waals surface area (Å²) in [5, 5.41) is 3.46. The molecule has 1 N–H and O–H groups in total. The van der Waals surface area contributed by atoms with E-state index in [1.807, 2.05) is 0 Å². The molecule has 1 rings (SSSR count). The van der Waals surface area contributed by atoms with E-state index in [9.17, 15) is 0 Å². The summed E-state index contributed by atoms with van der Waals surface area (Å²) < 4.78 is 4.94. The van der Waals surface area contributed by atoms with Gasteiger partial charge in [0.05, 0.1) is 0 Å². The Morgan fingerprint density at radius 1 is 1.40 bits per heavy atom. The highest BCUT2D eigenvalue weighted by atomic mass is 16.5. The lowest BCUT2D eigenvalue weighted by Crippen LogP contribution is -2.17. The van der Waals surface area contributed by atoms with Crippen LogP contribution >= 0.6 is 0 Å². The first-order valence-electron chi connectivity index (χ1n) is 4.16. The fourth-order valence-electron chi connectivity index (χ4n) is 0.965. The van der Waals surface area contributed by atoms with E-state index in [0.717, 1.165) is 12.6 Å². The summed E-state index contributed by atoms with van der Waals surface area (Å²) in [7, 11) is 1.76. The first kappa shape index (κ1) is 8.02. The van der Waals surface area contributed by atoms with Crippen molar-refractivity contribution in [3.8, 4) is 0 Å². The van der Waals surface area contributed by atoms with Crippen molar-refractivity contribution in [2.45, 2.75) is 31.7 Å². The quantitative estimate of drug-likeness (QED) is 0.563. The van der Waals surface area contributed by atoms with Crippen molar-refractivity contribution in [2.24, 2.45) is 0 Å². The van der Waals surface area contributed by atoms with Gasteiger partial charge in [-0.2, -0.15) is 0 Å². The third-order valence-corrected chi connectivity index (χ3v) is 1.79. The van der Waals surface area contributed by atoms with Crippen molar-refractivity contribution < 1.29 is 4.74 Å². The molecule has 0 aromatic rings. The van der Waals surface area contributed by atoms with Gasteiger partial charge in [-0.15, -0.1) is 0 Å². The standard InChI is InChI=1S/C8H17NO/c1-10-7-3-2-6-9-8-4-5-8/h8-9H,2-7H2,1H3. The largest absolute Gasteiger partial charge is 0.385 e. The molecule has 1 aliphatic rings. The van der Waals surface area contributed by atoms with Gasteiger partial charge >= 0.3 is 0 Å². The molecule has 2 nitrogen and oxygen atoms in total. The van der Waals surface area contributed by atoms with E-state index in [-0.39, 0.29) is 0 Å². The number of rotatable bonds is 6. The number of nitrogens with one attached hydrogen (secondary N) is 1. The molecular weight excluding hydrogens is 126 g/mol. The lowest BCUT2D eigenvalue weighted by molar-refractivity contribution is 0.192. The SMILES string of the molecule is COCCCCNC1CC1. The number of methoxy groups -OCH3 is 1. The van der Waals surface area contributed by atoms with Crippen molar-refractivity contribution in [1.82, 2.24) is 5.32 Å². The minimum Gasteiger partial charge on any atom is -0.385 e. The normalized spacial score (nSPS) is 17.7. The molecule has 0 atom stereocenters. The Kier molecular flexibility index (Phi) is 3.76. The van der Waals surface area contributed by atoms with Crippen molar-refractivity contribution in [1.29, 1.82) is 0 Å². The monoisotopic (exact) mass is 143 g/mol. The van der Waals surface area contributed by atoms with E-state index in [0.29, 0.717) is 0 Å². The molecular formula is C8H17NO. The average Bonchev–Trinajstić information content (AvgIpc) is 2.71. The molecule has 1 aliphatic carbocycles. The predicted molar refractivity (Wildman–Crippen MR) is 42.1 cm³/mol. The van der Waals surface area contributed by atoms with E-state index < -0.39 is 0 Å². The van der Waals surface area contributed by atoms with E-state index in [1.165, 1.54) is 32.2 Å². The Hall–Kier alpha value is -0.0800.